The van der Waals surface area contributed by atoms with Crippen LogP contribution in [0.2, 0.25) is 0 Å². The summed E-state index contributed by atoms with van der Waals surface area (Å²) < 4.78 is 12.5. The lowest BCUT2D eigenvalue weighted by Gasteiger charge is -2.10. The molecule has 1 aromatic carbocycles. The highest BCUT2D eigenvalue weighted by Gasteiger charge is 2.08. The molecule has 1 aromatic heterocycles. The van der Waals surface area contributed by atoms with Gasteiger partial charge >= 0.3 is 0 Å². The first-order valence-corrected chi connectivity index (χ1v) is 5.33. The normalized spacial score (nSPS) is 10.1. The number of carbonyl (C=O) groups is 1. The second-order valence-electron chi connectivity index (χ2n) is 3.67. The molecule has 0 aliphatic heterocycles. The Bertz CT molecular complexity index is 551. The van der Waals surface area contributed by atoms with Gasteiger partial charge in [-0.1, -0.05) is 0 Å². The minimum absolute atomic E-state index is 0.259. The van der Waals surface area contributed by atoms with Crippen LogP contribution >= 0.6 is 0 Å². The van der Waals surface area contributed by atoms with Gasteiger partial charge in [0.2, 0.25) is 0 Å². The summed E-state index contributed by atoms with van der Waals surface area (Å²) in [4.78, 5) is 10.7. The molecule has 0 aliphatic carbocycles. The minimum atomic E-state index is 0.259. The largest absolute Gasteiger partial charge is 0.493 e. The number of aldehydes is 1. The Morgan fingerprint density at radius 1 is 1.39 bits per heavy atom. The molecule has 0 saturated heterocycles. The zero-order valence-electron chi connectivity index (χ0n) is 10.2. The van der Waals surface area contributed by atoms with Gasteiger partial charge in [0.15, 0.2) is 17.3 Å². The Balaban J connectivity index is 2.17. The zero-order chi connectivity index (χ0) is 13.0. The topological polar surface area (TPSA) is 66.2 Å². The van der Waals surface area contributed by atoms with Crippen LogP contribution in [0, 0.1) is 0 Å². The number of carbonyl (C=O) groups excluding carboxylic acids is 1. The number of nitrogens with zero attached hydrogens (tertiary/aromatic N) is 3. The number of aryl methyl sites for hydroxylation is 1. The second kappa shape index (κ2) is 5.31. The summed E-state index contributed by atoms with van der Waals surface area (Å²) in [6.45, 7) is 0.259. The summed E-state index contributed by atoms with van der Waals surface area (Å²) in [5.74, 6) is 1.77. The van der Waals surface area contributed by atoms with Crippen molar-refractivity contribution in [3.63, 3.8) is 0 Å². The van der Waals surface area contributed by atoms with Crippen LogP contribution in [0.4, 0.5) is 0 Å². The fourth-order valence-corrected chi connectivity index (χ4v) is 1.46. The molecule has 18 heavy (non-hydrogen) atoms. The van der Waals surface area contributed by atoms with Crippen LogP contribution in [-0.2, 0) is 13.7 Å². The first kappa shape index (κ1) is 12.1. The molecule has 0 unspecified atom stereocenters. The Morgan fingerprint density at radius 2 is 2.22 bits per heavy atom. The monoisotopic (exact) mass is 247 g/mol. The maximum atomic E-state index is 10.7. The van der Waals surface area contributed by atoms with Gasteiger partial charge in [0.25, 0.3) is 0 Å². The van der Waals surface area contributed by atoms with Crippen LogP contribution in [0.3, 0.4) is 0 Å². The number of rotatable bonds is 5. The fourth-order valence-electron chi connectivity index (χ4n) is 1.46. The third-order valence-corrected chi connectivity index (χ3v) is 2.49. The van der Waals surface area contributed by atoms with Crippen LogP contribution < -0.4 is 9.47 Å². The van der Waals surface area contributed by atoms with Crippen molar-refractivity contribution in [2.24, 2.45) is 7.05 Å². The number of methoxy groups -OCH3 is 1. The molecule has 0 saturated carbocycles. The molecular weight excluding hydrogens is 234 g/mol. The van der Waals surface area contributed by atoms with E-state index in [0.717, 1.165) is 6.29 Å². The summed E-state index contributed by atoms with van der Waals surface area (Å²) in [7, 11) is 3.38. The predicted octanol–water partition coefficient (Wildman–Crippen LogP) is 1.22. The quantitative estimate of drug-likeness (QED) is 0.743. The summed E-state index contributed by atoms with van der Waals surface area (Å²) in [5.41, 5.74) is 0.531. The smallest absolute Gasteiger partial charge is 0.170 e. The van der Waals surface area contributed by atoms with Crippen molar-refractivity contribution < 1.29 is 14.3 Å². The number of aromatic nitrogens is 3. The Morgan fingerprint density at radius 3 is 2.83 bits per heavy atom. The number of benzene rings is 1. The van der Waals surface area contributed by atoms with Crippen molar-refractivity contribution in [1.82, 2.24) is 14.8 Å². The minimum Gasteiger partial charge on any atom is -0.493 e. The Labute approximate surface area is 104 Å². The van der Waals surface area contributed by atoms with E-state index in [1.165, 1.54) is 0 Å². The number of hydrogen-bond donors (Lipinski definition) is 0. The molecule has 0 radical (unpaired) electrons. The van der Waals surface area contributed by atoms with E-state index in [0.29, 0.717) is 22.9 Å². The summed E-state index contributed by atoms with van der Waals surface area (Å²) >= 11 is 0. The van der Waals surface area contributed by atoms with E-state index >= 15 is 0 Å². The third-order valence-electron chi connectivity index (χ3n) is 2.49. The van der Waals surface area contributed by atoms with Gasteiger partial charge in [-0.25, -0.2) is 0 Å². The van der Waals surface area contributed by atoms with E-state index in [9.17, 15) is 4.79 Å². The van der Waals surface area contributed by atoms with Crippen molar-refractivity contribution in [3.8, 4) is 11.5 Å². The van der Waals surface area contributed by atoms with Crippen molar-refractivity contribution in [3.05, 3.63) is 35.9 Å². The number of ether oxygens (including phenoxy) is 2. The maximum Gasteiger partial charge on any atom is 0.170 e. The number of hydrogen-bond acceptors (Lipinski definition) is 5. The van der Waals surface area contributed by atoms with Gasteiger partial charge in [0.05, 0.1) is 7.11 Å². The lowest BCUT2D eigenvalue weighted by atomic mass is 10.2. The summed E-state index contributed by atoms with van der Waals surface area (Å²) in [6, 6.07) is 4.99. The molecule has 0 N–H and O–H groups in total. The standard InChI is InChI=1S/C12H13N3O3/c1-15-8-13-14-12(15)7-18-11-5-9(6-16)3-4-10(11)17-2/h3-6,8H,7H2,1-2H3. The van der Waals surface area contributed by atoms with Gasteiger partial charge in [0, 0.05) is 12.6 Å². The molecule has 0 fully saturated rings. The molecule has 0 aliphatic rings. The maximum absolute atomic E-state index is 10.7. The van der Waals surface area contributed by atoms with Crippen LogP contribution in [0.1, 0.15) is 16.2 Å². The molecular formula is C12H13N3O3. The fraction of sp³-hybridized carbons (Fsp3) is 0.250. The molecule has 94 valence electrons. The average molecular weight is 247 g/mol. The van der Waals surface area contributed by atoms with Gasteiger partial charge in [0.1, 0.15) is 19.2 Å². The van der Waals surface area contributed by atoms with Gasteiger partial charge in [-0.05, 0) is 18.2 Å². The van der Waals surface area contributed by atoms with Crippen molar-refractivity contribution in [2.45, 2.75) is 6.61 Å². The molecule has 1 heterocycles. The van der Waals surface area contributed by atoms with Gasteiger partial charge in [-0.2, -0.15) is 0 Å². The zero-order valence-corrected chi connectivity index (χ0v) is 10.2. The predicted molar refractivity (Wildman–Crippen MR) is 63.7 cm³/mol. The van der Waals surface area contributed by atoms with Crippen LogP contribution in [0.25, 0.3) is 0 Å². The molecule has 0 atom stereocenters. The molecule has 6 heteroatoms. The van der Waals surface area contributed by atoms with E-state index in [2.05, 4.69) is 10.2 Å². The first-order valence-electron chi connectivity index (χ1n) is 5.33. The molecule has 0 bridgehead atoms. The SMILES string of the molecule is COc1ccc(C=O)cc1OCc1nncn1C. The highest BCUT2D eigenvalue weighted by atomic mass is 16.5. The van der Waals surface area contributed by atoms with E-state index in [-0.39, 0.29) is 6.61 Å². The van der Waals surface area contributed by atoms with E-state index < -0.39 is 0 Å². The lowest BCUT2D eigenvalue weighted by Crippen LogP contribution is -2.04. The lowest BCUT2D eigenvalue weighted by molar-refractivity contribution is 0.112. The summed E-state index contributed by atoms with van der Waals surface area (Å²) in [5, 5.41) is 7.66. The second-order valence-corrected chi connectivity index (χ2v) is 3.67. The molecule has 2 aromatic rings. The highest BCUT2D eigenvalue weighted by molar-refractivity contribution is 5.76. The first-order chi connectivity index (χ1) is 8.74. The molecule has 0 spiro atoms. The molecule has 6 nitrogen and oxygen atoms in total. The van der Waals surface area contributed by atoms with E-state index in [1.807, 2.05) is 7.05 Å². The van der Waals surface area contributed by atoms with Gasteiger partial charge < -0.3 is 14.0 Å². The van der Waals surface area contributed by atoms with Crippen LogP contribution in [0.5, 0.6) is 11.5 Å². The van der Waals surface area contributed by atoms with Crippen molar-refractivity contribution in [2.75, 3.05) is 7.11 Å². The van der Waals surface area contributed by atoms with Crippen LogP contribution in [0.15, 0.2) is 24.5 Å². The van der Waals surface area contributed by atoms with E-state index in [1.54, 1.807) is 36.2 Å². The molecule has 0 amide bonds. The Hall–Kier alpha value is -2.37. The van der Waals surface area contributed by atoms with Gasteiger partial charge in [-0.15, -0.1) is 10.2 Å². The summed E-state index contributed by atoms with van der Waals surface area (Å²) in [6.07, 6.45) is 2.35. The average Bonchev–Trinajstić information content (AvgIpc) is 2.81. The molecule has 2 rings (SSSR count). The van der Waals surface area contributed by atoms with Crippen LogP contribution in [-0.4, -0.2) is 28.2 Å². The highest BCUT2D eigenvalue weighted by Crippen LogP contribution is 2.28. The van der Waals surface area contributed by atoms with Crippen molar-refractivity contribution >= 4 is 6.29 Å². The third kappa shape index (κ3) is 2.48. The Kier molecular flexibility index (Phi) is 3.57. The van der Waals surface area contributed by atoms with Crippen molar-refractivity contribution in [1.29, 1.82) is 0 Å². The van der Waals surface area contributed by atoms with E-state index in [4.69, 9.17) is 9.47 Å². The van der Waals surface area contributed by atoms with Gasteiger partial charge in [-0.3, -0.25) is 4.79 Å².